The fraction of sp³-hybridized carbons (Fsp3) is 0.500. The maximum Gasteiger partial charge on any atom is 0.247 e. The predicted octanol–water partition coefficient (Wildman–Crippen LogP) is 1.14. The number of sulfone groups is 1. The highest BCUT2D eigenvalue weighted by Gasteiger charge is 2.37. The van der Waals surface area contributed by atoms with Crippen molar-refractivity contribution in [2.24, 2.45) is 0 Å². The summed E-state index contributed by atoms with van der Waals surface area (Å²) in [5, 5.41) is 14.0. The van der Waals surface area contributed by atoms with Crippen LogP contribution in [0.15, 0.2) is 23.6 Å². The van der Waals surface area contributed by atoms with Gasteiger partial charge in [-0.2, -0.15) is 0 Å². The largest absolute Gasteiger partial charge is 0.388 e. The fourth-order valence-electron chi connectivity index (χ4n) is 2.77. The second-order valence-electron chi connectivity index (χ2n) is 5.97. The van der Waals surface area contributed by atoms with Gasteiger partial charge in [-0.15, -0.1) is 0 Å². The number of aromatic nitrogens is 3. The molecule has 1 aliphatic carbocycles. The van der Waals surface area contributed by atoms with Gasteiger partial charge in [0.25, 0.3) is 0 Å². The van der Waals surface area contributed by atoms with Crippen LogP contribution < -0.4 is 5.32 Å². The SMILES string of the molecule is C[C@@]1(O)CCC[C@H]1Nc1nccc2cnc(S(C)(=O)=O)nc12. The smallest absolute Gasteiger partial charge is 0.247 e. The Morgan fingerprint density at radius 1 is 1.41 bits per heavy atom. The van der Waals surface area contributed by atoms with Crippen molar-refractivity contribution < 1.29 is 13.5 Å². The molecule has 0 bridgehead atoms. The monoisotopic (exact) mass is 322 g/mol. The van der Waals surface area contributed by atoms with Crippen molar-refractivity contribution in [2.45, 2.75) is 43.0 Å². The van der Waals surface area contributed by atoms with Gasteiger partial charge < -0.3 is 10.4 Å². The van der Waals surface area contributed by atoms with Crippen molar-refractivity contribution in [3.05, 3.63) is 18.5 Å². The van der Waals surface area contributed by atoms with Crippen LogP contribution >= 0.6 is 0 Å². The molecule has 118 valence electrons. The van der Waals surface area contributed by atoms with E-state index in [4.69, 9.17) is 0 Å². The Labute approximate surface area is 128 Å². The molecule has 3 rings (SSSR count). The van der Waals surface area contributed by atoms with E-state index < -0.39 is 15.4 Å². The van der Waals surface area contributed by atoms with Crippen LogP contribution in [0.1, 0.15) is 26.2 Å². The lowest BCUT2D eigenvalue weighted by molar-refractivity contribution is 0.0578. The summed E-state index contributed by atoms with van der Waals surface area (Å²) < 4.78 is 23.3. The second-order valence-corrected chi connectivity index (χ2v) is 7.88. The first-order valence-corrected chi connectivity index (χ1v) is 8.97. The maximum absolute atomic E-state index is 11.6. The first-order valence-electron chi connectivity index (χ1n) is 7.08. The molecule has 7 nitrogen and oxygen atoms in total. The summed E-state index contributed by atoms with van der Waals surface area (Å²) in [6, 6.07) is 1.58. The summed E-state index contributed by atoms with van der Waals surface area (Å²) >= 11 is 0. The van der Waals surface area contributed by atoms with Crippen LogP contribution in [0, 0.1) is 0 Å². The Hall–Kier alpha value is -1.80. The highest BCUT2D eigenvalue weighted by Crippen LogP contribution is 2.32. The average molecular weight is 322 g/mol. The predicted molar refractivity (Wildman–Crippen MR) is 82.3 cm³/mol. The molecule has 22 heavy (non-hydrogen) atoms. The summed E-state index contributed by atoms with van der Waals surface area (Å²) in [4.78, 5) is 12.3. The Bertz CT molecular complexity index is 820. The minimum Gasteiger partial charge on any atom is -0.388 e. The first kappa shape index (κ1) is 15.1. The Morgan fingerprint density at radius 3 is 2.82 bits per heavy atom. The van der Waals surface area contributed by atoms with Crippen molar-refractivity contribution in [3.63, 3.8) is 0 Å². The molecule has 2 aromatic rings. The van der Waals surface area contributed by atoms with Crippen molar-refractivity contribution in [1.82, 2.24) is 15.0 Å². The Morgan fingerprint density at radius 2 is 2.18 bits per heavy atom. The van der Waals surface area contributed by atoms with Gasteiger partial charge in [0.2, 0.25) is 15.0 Å². The first-order chi connectivity index (χ1) is 10.3. The molecule has 2 atom stereocenters. The normalized spacial score (nSPS) is 25.5. The number of rotatable bonds is 3. The number of anilines is 1. The van der Waals surface area contributed by atoms with Gasteiger partial charge in [-0.3, -0.25) is 0 Å². The zero-order chi connectivity index (χ0) is 16.0. The number of pyridine rings is 1. The molecule has 0 amide bonds. The summed E-state index contributed by atoms with van der Waals surface area (Å²) in [5.74, 6) is 0.469. The van der Waals surface area contributed by atoms with Gasteiger partial charge >= 0.3 is 0 Å². The number of nitrogens with zero attached hydrogens (tertiary/aromatic N) is 3. The van der Waals surface area contributed by atoms with Gasteiger partial charge in [-0.25, -0.2) is 23.4 Å². The summed E-state index contributed by atoms with van der Waals surface area (Å²) in [6.45, 7) is 1.79. The Kier molecular flexibility index (Phi) is 3.53. The molecule has 1 fully saturated rings. The van der Waals surface area contributed by atoms with Crippen LogP contribution in [0.2, 0.25) is 0 Å². The summed E-state index contributed by atoms with van der Waals surface area (Å²) in [5.41, 5.74) is -0.364. The molecule has 2 N–H and O–H groups in total. The van der Waals surface area contributed by atoms with Crippen LogP contribution in [0.25, 0.3) is 10.9 Å². The van der Waals surface area contributed by atoms with E-state index >= 15 is 0 Å². The second kappa shape index (κ2) is 5.13. The lowest BCUT2D eigenvalue weighted by atomic mass is 10.0. The van der Waals surface area contributed by atoms with E-state index in [1.807, 2.05) is 0 Å². The van der Waals surface area contributed by atoms with Crippen LogP contribution in [0.4, 0.5) is 5.82 Å². The minimum atomic E-state index is -3.49. The van der Waals surface area contributed by atoms with E-state index in [1.165, 1.54) is 6.20 Å². The standard InChI is InChI=1S/C14H18N4O3S/c1-14(19)6-3-4-10(14)17-12-11-9(5-7-15-12)8-16-13(18-11)22(2,20)21/h5,7-8,10,19H,3-4,6H2,1-2H3,(H,15,17)/t10-,14-/m1/s1. The highest BCUT2D eigenvalue weighted by molar-refractivity contribution is 7.90. The van der Waals surface area contributed by atoms with E-state index in [9.17, 15) is 13.5 Å². The number of fused-ring (bicyclic) bond motifs is 1. The van der Waals surface area contributed by atoms with Crippen LogP contribution in [-0.2, 0) is 9.84 Å². The quantitative estimate of drug-likeness (QED) is 0.816. The lowest BCUT2D eigenvalue weighted by Gasteiger charge is -2.27. The molecule has 0 unspecified atom stereocenters. The fourth-order valence-corrected chi connectivity index (χ4v) is 3.27. The van der Waals surface area contributed by atoms with Crippen molar-refractivity contribution in [1.29, 1.82) is 0 Å². The molecule has 0 spiro atoms. The number of aliphatic hydroxyl groups is 1. The van der Waals surface area contributed by atoms with Gasteiger partial charge in [0.1, 0.15) is 5.52 Å². The van der Waals surface area contributed by atoms with Crippen LogP contribution in [0.3, 0.4) is 0 Å². The zero-order valence-corrected chi connectivity index (χ0v) is 13.3. The molecule has 0 saturated heterocycles. The van der Waals surface area contributed by atoms with Crippen molar-refractivity contribution >= 4 is 26.6 Å². The number of nitrogens with one attached hydrogen (secondary N) is 1. The molecule has 1 saturated carbocycles. The third-order valence-electron chi connectivity index (χ3n) is 4.05. The van der Waals surface area contributed by atoms with Crippen LogP contribution in [-0.4, -0.2) is 46.4 Å². The molecule has 0 aromatic carbocycles. The molecule has 2 heterocycles. The highest BCUT2D eigenvalue weighted by atomic mass is 32.2. The number of hydrogen-bond donors (Lipinski definition) is 2. The van der Waals surface area contributed by atoms with E-state index in [-0.39, 0.29) is 11.2 Å². The molecule has 8 heteroatoms. The van der Waals surface area contributed by atoms with Gasteiger partial charge in [0, 0.05) is 24.0 Å². The zero-order valence-electron chi connectivity index (χ0n) is 12.4. The number of hydrogen-bond acceptors (Lipinski definition) is 7. The van der Waals surface area contributed by atoms with Gasteiger partial charge in [-0.1, -0.05) is 0 Å². The summed E-state index contributed by atoms with van der Waals surface area (Å²) in [7, 11) is -3.49. The molecule has 0 radical (unpaired) electrons. The molecule has 2 aromatic heterocycles. The topological polar surface area (TPSA) is 105 Å². The molecule has 1 aliphatic rings. The van der Waals surface area contributed by atoms with E-state index in [1.54, 1.807) is 19.2 Å². The maximum atomic E-state index is 11.6. The van der Waals surface area contributed by atoms with Crippen molar-refractivity contribution in [3.8, 4) is 0 Å². The summed E-state index contributed by atoms with van der Waals surface area (Å²) in [6.07, 6.45) is 6.63. The van der Waals surface area contributed by atoms with E-state index in [0.717, 1.165) is 25.5 Å². The van der Waals surface area contributed by atoms with E-state index in [0.29, 0.717) is 16.7 Å². The average Bonchev–Trinajstić information content (AvgIpc) is 2.77. The third kappa shape index (κ3) is 2.76. The Balaban J connectivity index is 2.06. The van der Waals surface area contributed by atoms with Crippen molar-refractivity contribution in [2.75, 3.05) is 11.6 Å². The minimum absolute atomic E-state index is 0.137. The van der Waals surface area contributed by atoms with Crippen LogP contribution in [0.5, 0.6) is 0 Å². The van der Waals surface area contributed by atoms with E-state index in [2.05, 4.69) is 20.3 Å². The van der Waals surface area contributed by atoms with Gasteiger partial charge in [0.05, 0.1) is 11.6 Å². The molecule has 0 aliphatic heterocycles. The molecular formula is C14H18N4O3S. The van der Waals surface area contributed by atoms with Gasteiger partial charge in [0.15, 0.2) is 5.82 Å². The van der Waals surface area contributed by atoms with Gasteiger partial charge in [-0.05, 0) is 32.3 Å². The molecular weight excluding hydrogens is 304 g/mol. The third-order valence-corrected chi connectivity index (χ3v) is 4.91. The lowest BCUT2D eigenvalue weighted by Crippen LogP contribution is -2.39.